The number of aromatic nitrogens is 3. The van der Waals surface area contributed by atoms with E-state index >= 15 is 0 Å². The summed E-state index contributed by atoms with van der Waals surface area (Å²) in [6.45, 7) is 3.97. The minimum atomic E-state index is -0.858. The van der Waals surface area contributed by atoms with Crippen molar-refractivity contribution >= 4 is 23.7 Å². The third-order valence-corrected chi connectivity index (χ3v) is 6.37. The molecule has 8 nitrogen and oxygen atoms in total. The lowest BCUT2D eigenvalue weighted by Crippen LogP contribution is -2.39. The van der Waals surface area contributed by atoms with Crippen LogP contribution in [0.25, 0.3) is 11.4 Å². The molecule has 0 saturated heterocycles. The number of thioether (sulfide) groups is 1. The van der Waals surface area contributed by atoms with E-state index in [1.807, 2.05) is 24.3 Å². The highest BCUT2D eigenvalue weighted by Gasteiger charge is 2.30. The van der Waals surface area contributed by atoms with Crippen LogP contribution >= 0.6 is 11.8 Å². The number of methoxy groups -OCH3 is 1. The van der Waals surface area contributed by atoms with Crippen molar-refractivity contribution in [3.63, 3.8) is 0 Å². The van der Waals surface area contributed by atoms with Crippen LogP contribution in [0.15, 0.2) is 29.4 Å². The van der Waals surface area contributed by atoms with Gasteiger partial charge in [-0.15, -0.1) is 10.2 Å². The number of rotatable bonds is 6. The molecule has 29 heavy (non-hydrogen) atoms. The van der Waals surface area contributed by atoms with Crippen LogP contribution in [-0.4, -0.2) is 39.1 Å². The fraction of sp³-hybridized carbons (Fsp3) is 0.500. The lowest BCUT2D eigenvalue weighted by molar-refractivity contribution is -0.119. The van der Waals surface area contributed by atoms with E-state index in [9.17, 15) is 9.59 Å². The van der Waals surface area contributed by atoms with Crippen LogP contribution in [0.4, 0.5) is 4.79 Å². The number of nitrogens with one attached hydrogen (secondary N) is 1. The molecular weight excluding hydrogens is 390 g/mol. The van der Waals surface area contributed by atoms with Crippen molar-refractivity contribution in [2.45, 2.75) is 56.0 Å². The molecule has 1 heterocycles. The third kappa shape index (κ3) is 4.90. The maximum atomic E-state index is 12.2. The number of nitrogens with zero attached hydrogens (tertiary/aromatic N) is 3. The number of benzene rings is 1. The largest absolute Gasteiger partial charge is 0.497 e. The van der Waals surface area contributed by atoms with Gasteiger partial charge in [-0.25, -0.2) is 4.79 Å². The van der Waals surface area contributed by atoms with E-state index in [1.165, 1.54) is 18.2 Å². The quantitative estimate of drug-likeness (QED) is 0.697. The van der Waals surface area contributed by atoms with E-state index in [1.54, 1.807) is 14.0 Å². The van der Waals surface area contributed by atoms with E-state index in [2.05, 4.69) is 27.0 Å². The number of nitrogens with two attached hydrogens (primary N) is 1. The van der Waals surface area contributed by atoms with E-state index in [0.717, 1.165) is 36.4 Å². The van der Waals surface area contributed by atoms with Gasteiger partial charge in [-0.3, -0.25) is 14.7 Å². The van der Waals surface area contributed by atoms with Gasteiger partial charge in [0.15, 0.2) is 11.0 Å². The van der Waals surface area contributed by atoms with E-state index in [0.29, 0.717) is 11.1 Å². The number of carbonyl (C=O) groups is 2. The van der Waals surface area contributed by atoms with Gasteiger partial charge in [-0.05, 0) is 49.9 Å². The van der Waals surface area contributed by atoms with Gasteiger partial charge in [0.25, 0.3) is 0 Å². The molecule has 1 aliphatic carbocycles. The number of imide groups is 1. The van der Waals surface area contributed by atoms with Gasteiger partial charge in [0.1, 0.15) is 5.75 Å². The summed E-state index contributed by atoms with van der Waals surface area (Å²) in [5, 5.41) is 11.1. The SMILES string of the molecule is COc1ccc(-c2nnc(S[C@H](C)C(=O)NC(N)=O)n2[C@@H]2CCCC[C@@H]2C)cc1. The van der Waals surface area contributed by atoms with Crippen LogP contribution in [0.3, 0.4) is 0 Å². The topological polar surface area (TPSA) is 112 Å². The number of hydrogen-bond donors (Lipinski definition) is 2. The Labute approximate surface area is 174 Å². The molecule has 1 aliphatic rings. The van der Waals surface area contributed by atoms with Crippen molar-refractivity contribution in [1.82, 2.24) is 20.1 Å². The average Bonchev–Trinajstić information content (AvgIpc) is 3.11. The molecular formula is C20H27N5O3S. The van der Waals surface area contributed by atoms with Crippen LogP contribution in [0, 0.1) is 5.92 Å². The zero-order valence-electron chi connectivity index (χ0n) is 16.9. The first-order valence-electron chi connectivity index (χ1n) is 9.77. The molecule has 1 fully saturated rings. The number of ether oxygens (including phenoxy) is 1. The maximum absolute atomic E-state index is 12.2. The molecule has 0 unspecified atom stereocenters. The molecule has 0 spiro atoms. The second-order valence-corrected chi connectivity index (χ2v) is 8.66. The number of urea groups is 1. The van der Waals surface area contributed by atoms with Gasteiger partial charge >= 0.3 is 6.03 Å². The first-order chi connectivity index (χ1) is 13.9. The standard InChI is InChI=1S/C20H27N5O3S/c1-12-6-4-5-7-16(12)25-17(14-8-10-15(28-3)11-9-14)23-24-20(25)29-13(2)18(26)22-19(21)27/h8-13,16H,4-7H2,1-3H3,(H3,21,22,26,27)/t12-,13+,16+/m0/s1. The highest BCUT2D eigenvalue weighted by molar-refractivity contribution is 8.00. The van der Waals surface area contributed by atoms with Crippen LogP contribution in [0.2, 0.25) is 0 Å². The summed E-state index contributed by atoms with van der Waals surface area (Å²) in [6.07, 6.45) is 4.55. The highest BCUT2D eigenvalue weighted by atomic mass is 32.2. The Morgan fingerprint density at radius 3 is 2.55 bits per heavy atom. The molecule has 3 rings (SSSR count). The van der Waals surface area contributed by atoms with E-state index < -0.39 is 17.2 Å². The van der Waals surface area contributed by atoms with Crippen molar-refractivity contribution in [2.75, 3.05) is 7.11 Å². The Kier molecular flexibility index (Phi) is 6.79. The van der Waals surface area contributed by atoms with Crippen molar-refractivity contribution < 1.29 is 14.3 Å². The van der Waals surface area contributed by atoms with Gasteiger partial charge in [0.05, 0.1) is 12.4 Å². The summed E-state index contributed by atoms with van der Waals surface area (Å²) in [5.41, 5.74) is 6.01. The van der Waals surface area contributed by atoms with E-state index in [-0.39, 0.29) is 6.04 Å². The minimum Gasteiger partial charge on any atom is -0.497 e. The van der Waals surface area contributed by atoms with Crippen LogP contribution in [-0.2, 0) is 4.79 Å². The predicted molar refractivity (Wildman–Crippen MR) is 112 cm³/mol. The molecule has 1 saturated carbocycles. The van der Waals surface area contributed by atoms with Gasteiger partial charge in [0, 0.05) is 11.6 Å². The Bertz CT molecular complexity index is 868. The molecule has 0 aliphatic heterocycles. The van der Waals surface area contributed by atoms with Gasteiger partial charge in [-0.2, -0.15) is 0 Å². The lowest BCUT2D eigenvalue weighted by Gasteiger charge is -2.31. The molecule has 1 aromatic carbocycles. The zero-order valence-corrected chi connectivity index (χ0v) is 17.7. The molecule has 3 atom stereocenters. The summed E-state index contributed by atoms with van der Waals surface area (Å²) in [4.78, 5) is 23.2. The first-order valence-corrected chi connectivity index (χ1v) is 10.6. The Morgan fingerprint density at radius 2 is 1.93 bits per heavy atom. The first kappa shape index (κ1) is 21.2. The smallest absolute Gasteiger partial charge is 0.318 e. The Balaban J connectivity index is 1.96. The normalized spacial score (nSPS) is 20.1. The number of amides is 3. The summed E-state index contributed by atoms with van der Waals surface area (Å²) in [7, 11) is 1.63. The van der Waals surface area contributed by atoms with E-state index in [4.69, 9.17) is 10.5 Å². The van der Waals surface area contributed by atoms with Crippen molar-refractivity contribution in [3.8, 4) is 17.1 Å². The minimum absolute atomic E-state index is 0.254. The summed E-state index contributed by atoms with van der Waals surface area (Å²) in [5.74, 6) is 1.58. The molecule has 0 radical (unpaired) electrons. The van der Waals surface area contributed by atoms with Crippen molar-refractivity contribution in [1.29, 1.82) is 0 Å². The fourth-order valence-corrected chi connectivity index (χ4v) is 4.61. The third-order valence-electron chi connectivity index (χ3n) is 5.31. The summed E-state index contributed by atoms with van der Waals surface area (Å²) in [6, 6.07) is 7.12. The Hall–Kier alpha value is -2.55. The van der Waals surface area contributed by atoms with Crippen molar-refractivity contribution in [2.24, 2.45) is 11.7 Å². The average molecular weight is 418 g/mol. The molecule has 1 aromatic heterocycles. The second kappa shape index (κ2) is 9.30. The van der Waals surface area contributed by atoms with Gasteiger partial charge in [-0.1, -0.05) is 31.5 Å². The van der Waals surface area contributed by atoms with Crippen LogP contribution in [0.5, 0.6) is 5.75 Å². The Morgan fingerprint density at radius 1 is 1.24 bits per heavy atom. The molecule has 0 bridgehead atoms. The summed E-state index contributed by atoms with van der Waals surface area (Å²) < 4.78 is 7.41. The number of carbonyl (C=O) groups excluding carboxylic acids is 2. The molecule has 2 aromatic rings. The zero-order chi connectivity index (χ0) is 21.0. The summed E-state index contributed by atoms with van der Waals surface area (Å²) >= 11 is 1.28. The van der Waals surface area contributed by atoms with Crippen LogP contribution in [0.1, 0.15) is 45.6 Å². The predicted octanol–water partition coefficient (Wildman–Crippen LogP) is 3.38. The monoisotopic (exact) mass is 417 g/mol. The van der Waals surface area contributed by atoms with Crippen molar-refractivity contribution in [3.05, 3.63) is 24.3 Å². The lowest BCUT2D eigenvalue weighted by atomic mass is 9.85. The molecule has 3 amide bonds. The molecule has 156 valence electrons. The number of primary amides is 1. The van der Waals surface area contributed by atoms with Gasteiger partial charge in [0.2, 0.25) is 5.91 Å². The van der Waals surface area contributed by atoms with Gasteiger partial charge < -0.3 is 10.5 Å². The number of hydrogen-bond acceptors (Lipinski definition) is 6. The maximum Gasteiger partial charge on any atom is 0.318 e. The fourth-order valence-electron chi connectivity index (χ4n) is 3.71. The molecule has 3 N–H and O–H groups in total. The van der Waals surface area contributed by atoms with Crippen LogP contribution < -0.4 is 15.8 Å². The highest BCUT2D eigenvalue weighted by Crippen LogP contribution is 2.39. The molecule has 9 heteroatoms. The second-order valence-electron chi connectivity index (χ2n) is 7.35.